The molecular weight excluding hydrogens is 435 g/mol. The van der Waals surface area contributed by atoms with Crippen molar-refractivity contribution in [3.05, 3.63) is 0 Å². The molecule has 0 aromatic heterocycles. The minimum absolute atomic E-state index is 0. The van der Waals surface area contributed by atoms with E-state index in [0.29, 0.717) is 0 Å². The van der Waals surface area contributed by atoms with Crippen molar-refractivity contribution in [3.8, 4) is 0 Å². The molecule has 10 heteroatoms. The van der Waals surface area contributed by atoms with Crippen LogP contribution in [0.15, 0.2) is 0 Å². The maximum atomic E-state index is 0. The second kappa shape index (κ2) is 134. The van der Waals surface area contributed by atoms with E-state index >= 15 is 0 Å². The SMILES string of the molecule is [Cl-].[Cl-].[Cl-].[Cl-].[Cl-].[Cl-].[Cl-].[Cl-].[Mn+2].[Mo]. The molecule has 10 heavy (non-hydrogen) atoms. The van der Waals surface area contributed by atoms with Crippen LogP contribution in [0.25, 0.3) is 0 Å². The first-order chi connectivity index (χ1) is 0. The molecule has 0 heterocycles. The maximum absolute atomic E-state index is 0. The Morgan fingerprint density at radius 3 is 0.300 bits per heavy atom. The fourth-order valence-electron chi connectivity index (χ4n) is 0. The Kier molecular flexibility index (Phi) is 2280. The first kappa shape index (κ1) is 171. The molecule has 75 valence electrons. The van der Waals surface area contributed by atoms with Gasteiger partial charge in [0.15, 0.2) is 0 Å². The van der Waals surface area contributed by atoms with Crippen LogP contribution in [0.3, 0.4) is 0 Å². The Morgan fingerprint density at radius 2 is 0.300 bits per heavy atom. The summed E-state index contributed by atoms with van der Waals surface area (Å²) >= 11 is 0. The van der Waals surface area contributed by atoms with Crippen LogP contribution in [0.4, 0.5) is 0 Å². The third kappa shape index (κ3) is 103. The van der Waals surface area contributed by atoms with Crippen molar-refractivity contribution in [3.63, 3.8) is 0 Å². The van der Waals surface area contributed by atoms with Crippen LogP contribution in [-0.4, -0.2) is 0 Å². The smallest absolute Gasteiger partial charge is 1.00 e. The minimum Gasteiger partial charge on any atom is -1.00 e. The maximum Gasteiger partial charge on any atom is 2.00 e. The number of rotatable bonds is 0. The zero-order chi connectivity index (χ0) is 0. The Morgan fingerprint density at radius 1 is 0.300 bits per heavy atom. The van der Waals surface area contributed by atoms with Gasteiger partial charge in [-0.2, -0.15) is 0 Å². The molecule has 0 rings (SSSR count). The number of hydrogen-bond donors (Lipinski definition) is 0. The largest absolute Gasteiger partial charge is 2.00 e. The van der Waals surface area contributed by atoms with E-state index in [0.717, 1.165) is 0 Å². The number of hydrogen-bond acceptors (Lipinski definition) is 0. The third-order valence-electron chi connectivity index (χ3n) is 0. The normalized spacial score (nSPS) is 0. The van der Waals surface area contributed by atoms with Gasteiger partial charge in [0.05, 0.1) is 0 Å². The summed E-state index contributed by atoms with van der Waals surface area (Å²) < 4.78 is 0. The van der Waals surface area contributed by atoms with E-state index in [4.69, 9.17) is 0 Å². The van der Waals surface area contributed by atoms with Gasteiger partial charge in [0, 0.05) is 21.1 Å². The topological polar surface area (TPSA) is 0 Å². The molecule has 0 aliphatic rings. The van der Waals surface area contributed by atoms with Crippen LogP contribution in [0.5, 0.6) is 0 Å². The summed E-state index contributed by atoms with van der Waals surface area (Å²) in [7, 11) is 0. The standard InChI is InChI=1S/8ClH.Mn.Mo/h8*1H;;/q;;;;;;;;+2;/p-8. The van der Waals surface area contributed by atoms with Crippen LogP contribution < -0.4 is 99.3 Å². The van der Waals surface area contributed by atoms with Gasteiger partial charge >= 0.3 is 17.1 Å². The second-order valence-corrected chi connectivity index (χ2v) is 0. The Hall–Kier alpha value is 3.53. The molecule has 0 atom stereocenters. The van der Waals surface area contributed by atoms with E-state index < -0.39 is 0 Å². The van der Waals surface area contributed by atoms with E-state index in [1.807, 2.05) is 0 Å². The summed E-state index contributed by atoms with van der Waals surface area (Å²) in [6.07, 6.45) is 0. The van der Waals surface area contributed by atoms with Gasteiger partial charge in [-0.3, -0.25) is 0 Å². The van der Waals surface area contributed by atoms with Crippen molar-refractivity contribution < 1.29 is 137 Å². The quantitative estimate of drug-likeness (QED) is 0.333. The summed E-state index contributed by atoms with van der Waals surface area (Å²) in [5, 5.41) is 0. The summed E-state index contributed by atoms with van der Waals surface area (Å²) in [6.45, 7) is 0. The molecule has 0 aliphatic heterocycles. The summed E-state index contributed by atoms with van der Waals surface area (Å²) in [6, 6.07) is 0. The first-order valence-electron chi connectivity index (χ1n) is 0. The molecule has 0 saturated heterocycles. The van der Waals surface area contributed by atoms with Gasteiger partial charge in [0.25, 0.3) is 0 Å². The summed E-state index contributed by atoms with van der Waals surface area (Å²) in [4.78, 5) is 0. The molecule has 0 spiro atoms. The average Bonchev–Trinajstić information content (AvgIpc) is 0. The molecule has 0 unspecified atom stereocenters. The predicted octanol–water partition coefficient (Wildman–Crippen LogP) is -24.0. The summed E-state index contributed by atoms with van der Waals surface area (Å²) in [5.41, 5.74) is 0. The molecule has 0 nitrogen and oxygen atoms in total. The van der Waals surface area contributed by atoms with E-state index in [1.165, 1.54) is 0 Å². The van der Waals surface area contributed by atoms with Crippen LogP contribution >= 0.6 is 0 Å². The van der Waals surface area contributed by atoms with E-state index in [1.54, 1.807) is 0 Å². The van der Waals surface area contributed by atoms with Crippen molar-refractivity contribution in [2.24, 2.45) is 0 Å². The van der Waals surface area contributed by atoms with Gasteiger partial charge in [-0.25, -0.2) is 0 Å². The minimum atomic E-state index is 0. The van der Waals surface area contributed by atoms with Crippen LogP contribution in [0.1, 0.15) is 0 Å². The molecule has 0 amide bonds. The van der Waals surface area contributed by atoms with Gasteiger partial charge < -0.3 is 99.3 Å². The Labute approximate surface area is 136 Å². The molecule has 0 saturated carbocycles. The fourth-order valence-corrected chi connectivity index (χ4v) is 0. The van der Waals surface area contributed by atoms with Crippen molar-refractivity contribution in [2.75, 3.05) is 0 Å². The van der Waals surface area contributed by atoms with Gasteiger partial charge in [0.2, 0.25) is 0 Å². The molecule has 0 aromatic carbocycles. The molecule has 0 bridgehead atoms. The van der Waals surface area contributed by atoms with Crippen molar-refractivity contribution in [1.29, 1.82) is 0 Å². The van der Waals surface area contributed by atoms with Crippen molar-refractivity contribution in [1.82, 2.24) is 0 Å². The zero-order valence-electron chi connectivity index (χ0n) is 3.81. The van der Waals surface area contributed by atoms with Crippen LogP contribution in [0.2, 0.25) is 0 Å². The van der Waals surface area contributed by atoms with Gasteiger partial charge in [-0.15, -0.1) is 0 Å². The van der Waals surface area contributed by atoms with Crippen molar-refractivity contribution in [2.45, 2.75) is 0 Å². The molecular formula is Cl8MnMo-6. The van der Waals surface area contributed by atoms with Gasteiger partial charge in [-0.1, -0.05) is 0 Å². The molecule has 0 N–H and O–H groups in total. The fraction of sp³-hybridized carbons (Fsp3) is 0. The van der Waals surface area contributed by atoms with Gasteiger partial charge in [0.1, 0.15) is 0 Å². The summed E-state index contributed by atoms with van der Waals surface area (Å²) in [5.74, 6) is 0. The number of halogens is 8. The monoisotopic (exact) mass is 433 g/mol. The van der Waals surface area contributed by atoms with Crippen molar-refractivity contribution >= 4 is 0 Å². The Balaban J connectivity index is 0. The van der Waals surface area contributed by atoms with E-state index in [9.17, 15) is 0 Å². The van der Waals surface area contributed by atoms with E-state index in [-0.39, 0.29) is 137 Å². The van der Waals surface area contributed by atoms with Crippen LogP contribution in [-0.2, 0) is 38.1 Å². The predicted molar refractivity (Wildman–Crippen MR) is 0 cm³/mol. The van der Waals surface area contributed by atoms with Crippen LogP contribution in [0, 0.1) is 0 Å². The Bertz CT molecular complexity index is 9.22. The second-order valence-electron chi connectivity index (χ2n) is 0. The van der Waals surface area contributed by atoms with Gasteiger partial charge in [-0.05, 0) is 0 Å². The molecule has 0 aromatic rings. The zero-order valence-corrected chi connectivity index (χ0v) is 13.0. The molecule has 0 aliphatic carbocycles. The third-order valence-corrected chi connectivity index (χ3v) is 0. The first-order valence-corrected chi connectivity index (χ1v) is 0. The molecule has 0 fully saturated rings. The molecule has 1 radical (unpaired) electrons. The average molecular weight is 435 g/mol. The van der Waals surface area contributed by atoms with E-state index in [2.05, 4.69) is 0 Å².